The normalized spacial score (nSPS) is 13.5. The van der Waals surface area contributed by atoms with Gasteiger partial charge in [0.1, 0.15) is 10.7 Å². The number of hydrogen-bond donors (Lipinski definition) is 1. The third-order valence-corrected chi connectivity index (χ3v) is 5.42. The Morgan fingerprint density at radius 1 is 0.875 bits per heavy atom. The Labute approximate surface area is 190 Å². The van der Waals surface area contributed by atoms with Crippen LogP contribution >= 0.6 is 11.6 Å². The van der Waals surface area contributed by atoms with Gasteiger partial charge in [0.2, 0.25) is 0 Å². The fraction of sp³-hybridized carbons (Fsp3) is 0.0800. The van der Waals surface area contributed by atoms with Crippen LogP contribution in [0.2, 0.25) is 0 Å². The number of benzene rings is 3. The Balaban J connectivity index is 1.52. The topological polar surface area (TPSA) is 69.7 Å². The third-order valence-electron chi connectivity index (χ3n) is 5.07. The van der Waals surface area contributed by atoms with Gasteiger partial charge in [0.15, 0.2) is 0 Å². The lowest BCUT2D eigenvalue weighted by Crippen LogP contribution is -2.32. The van der Waals surface area contributed by atoms with Crippen molar-refractivity contribution in [1.29, 1.82) is 0 Å². The molecule has 1 aliphatic rings. The van der Waals surface area contributed by atoms with E-state index in [4.69, 9.17) is 11.6 Å². The number of nitrogens with zero attached hydrogens (tertiary/aromatic N) is 2. The van der Waals surface area contributed by atoms with Crippen LogP contribution in [0.3, 0.4) is 0 Å². The Morgan fingerprint density at radius 2 is 1.47 bits per heavy atom. The van der Waals surface area contributed by atoms with E-state index in [1.54, 1.807) is 59.5 Å². The molecule has 0 aliphatic carbocycles. The molecular formula is C25H20ClN3O3. The van der Waals surface area contributed by atoms with Crippen molar-refractivity contribution in [3.8, 4) is 0 Å². The van der Waals surface area contributed by atoms with Crippen molar-refractivity contribution in [2.45, 2.75) is 6.92 Å². The van der Waals surface area contributed by atoms with Crippen LogP contribution < -0.4 is 15.1 Å². The molecule has 160 valence electrons. The molecule has 32 heavy (non-hydrogen) atoms. The number of hydrogen-bond acceptors (Lipinski definition) is 4. The highest BCUT2D eigenvalue weighted by molar-refractivity contribution is 6.53. The molecule has 0 spiro atoms. The molecule has 0 unspecified atom stereocenters. The van der Waals surface area contributed by atoms with Crippen molar-refractivity contribution in [3.05, 3.63) is 101 Å². The fourth-order valence-electron chi connectivity index (χ4n) is 3.47. The number of imide groups is 1. The maximum Gasteiger partial charge on any atom is 0.283 e. The van der Waals surface area contributed by atoms with Crippen molar-refractivity contribution < 1.29 is 14.4 Å². The number of carbonyl (C=O) groups excluding carboxylic acids is 3. The van der Waals surface area contributed by atoms with Crippen LogP contribution in [0.5, 0.6) is 0 Å². The molecule has 7 heteroatoms. The number of amides is 3. The lowest BCUT2D eigenvalue weighted by molar-refractivity contribution is -0.120. The first kappa shape index (κ1) is 21.3. The average molecular weight is 446 g/mol. The second kappa shape index (κ2) is 9.08. The summed E-state index contributed by atoms with van der Waals surface area (Å²) in [5.74, 6) is -1.25. The predicted octanol–water partition coefficient (Wildman–Crippen LogP) is 4.79. The maximum atomic E-state index is 12.9. The molecule has 0 radical (unpaired) electrons. The highest BCUT2D eigenvalue weighted by Gasteiger charge is 2.38. The van der Waals surface area contributed by atoms with Crippen LogP contribution in [-0.4, -0.2) is 24.3 Å². The van der Waals surface area contributed by atoms with Crippen LogP contribution in [0, 0.1) is 0 Å². The first-order valence-electron chi connectivity index (χ1n) is 10.1. The van der Waals surface area contributed by atoms with E-state index in [9.17, 15) is 14.4 Å². The predicted molar refractivity (Wildman–Crippen MR) is 126 cm³/mol. The molecule has 0 saturated heterocycles. The Hall–Kier alpha value is -3.90. The van der Waals surface area contributed by atoms with Gasteiger partial charge in [-0.05, 0) is 55.5 Å². The van der Waals surface area contributed by atoms with E-state index in [0.29, 0.717) is 23.5 Å². The summed E-state index contributed by atoms with van der Waals surface area (Å²) in [7, 11) is 0. The molecule has 0 aromatic heterocycles. The highest BCUT2D eigenvalue weighted by Crippen LogP contribution is 2.30. The van der Waals surface area contributed by atoms with E-state index < -0.39 is 11.8 Å². The van der Waals surface area contributed by atoms with Gasteiger partial charge in [-0.25, -0.2) is 4.90 Å². The Kier molecular flexibility index (Phi) is 6.05. The second-order valence-corrected chi connectivity index (χ2v) is 7.44. The van der Waals surface area contributed by atoms with Crippen LogP contribution in [0.25, 0.3) is 0 Å². The number of anilines is 3. The molecule has 0 atom stereocenters. The van der Waals surface area contributed by atoms with Gasteiger partial charge in [0, 0.05) is 23.5 Å². The zero-order valence-electron chi connectivity index (χ0n) is 17.3. The third kappa shape index (κ3) is 4.00. The minimum Gasteiger partial charge on any atom is -0.350 e. The molecule has 3 amide bonds. The van der Waals surface area contributed by atoms with Crippen LogP contribution in [0.1, 0.15) is 17.3 Å². The summed E-state index contributed by atoms with van der Waals surface area (Å²) < 4.78 is 0. The number of nitrogens with one attached hydrogen (secondary N) is 1. The number of carbonyl (C=O) groups is 3. The molecule has 0 saturated carbocycles. The van der Waals surface area contributed by atoms with Gasteiger partial charge >= 0.3 is 0 Å². The van der Waals surface area contributed by atoms with Gasteiger partial charge in [-0.2, -0.15) is 0 Å². The molecule has 3 aromatic rings. The molecule has 0 bridgehead atoms. The first-order valence-corrected chi connectivity index (χ1v) is 10.5. The van der Waals surface area contributed by atoms with Crippen LogP contribution in [0.4, 0.5) is 17.1 Å². The van der Waals surface area contributed by atoms with Gasteiger partial charge in [0.25, 0.3) is 17.7 Å². The number of rotatable bonds is 6. The van der Waals surface area contributed by atoms with Gasteiger partial charge < -0.3 is 10.2 Å². The summed E-state index contributed by atoms with van der Waals surface area (Å²) in [4.78, 5) is 41.0. The molecule has 0 fully saturated rings. The molecule has 4 rings (SSSR count). The van der Waals surface area contributed by atoms with Crippen molar-refractivity contribution in [2.24, 2.45) is 0 Å². The fourth-order valence-corrected chi connectivity index (χ4v) is 3.68. The van der Waals surface area contributed by atoms with E-state index in [-0.39, 0.29) is 16.6 Å². The number of para-hydroxylation sites is 2. The molecule has 1 heterocycles. The lowest BCUT2D eigenvalue weighted by atomic mass is 10.1. The highest BCUT2D eigenvalue weighted by atomic mass is 35.5. The molecule has 3 aromatic carbocycles. The summed E-state index contributed by atoms with van der Waals surface area (Å²) >= 11 is 6.17. The van der Waals surface area contributed by atoms with Gasteiger partial charge in [-0.3, -0.25) is 14.4 Å². The summed E-state index contributed by atoms with van der Waals surface area (Å²) in [5.41, 5.74) is 2.29. The zero-order chi connectivity index (χ0) is 22.7. The van der Waals surface area contributed by atoms with Crippen LogP contribution in [-0.2, 0) is 9.59 Å². The summed E-state index contributed by atoms with van der Waals surface area (Å²) in [6.07, 6.45) is 0. The quantitative estimate of drug-likeness (QED) is 0.554. The minimum atomic E-state index is -0.585. The SMILES string of the molecule is CCN(C(=O)c1ccc(NC2=C(Cl)C(=O)N(c3ccccc3)C2=O)cc1)c1ccccc1. The van der Waals surface area contributed by atoms with Gasteiger partial charge in [-0.15, -0.1) is 0 Å². The Bertz CT molecular complexity index is 1190. The van der Waals surface area contributed by atoms with Crippen molar-refractivity contribution in [1.82, 2.24) is 0 Å². The van der Waals surface area contributed by atoms with Gasteiger partial charge in [0.05, 0.1) is 5.69 Å². The summed E-state index contributed by atoms with van der Waals surface area (Å²) in [6, 6.07) is 24.7. The first-order chi connectivity index (χ1) is 15.5. The van der Waals surface area contributed by atoms with Crippen molar-refractivity contribution >= 4 is 46.4 Å². The van der Waals surface area contributed by atoms with E-state index >= 15 is 0 Å². The van der Waals surface area contributed by atoms with E-state index in [1.165, 1.54) is 0 Å². The summed E-state index contributed by atoms with van der Waals surface area (Å²) in [5, 5.41) is 2.74. The van der Waals surface area contributed by atoms with E-state index in [1.807, 2.05) is 37.3 Å². The second-order valence-electron chi connectivity index (χ2n) is 7.06. The maximum absolute atomic E-state index is 12.9. The molecule has 1 N–H and O–H groups in total. The monoisotopic (exact) mass is 445 g/mol. The van der Waals surface area contributed by atoms with Crippen molar-refractivity contribution in [3.63, 3.8) is 0 Å². The molecule has 6 nitrogen and oxygen atoms in total. The largest absolute Gasteiger partial charge is 0.350 e. The smallest absolute Gasteiger partial charge is 0.283 e. The molecular weight excluding hydrogens is 426 g/mol. The summed E-state index contributed by atoms with van der Waals surface area (Å²) in [6.45, 7) is 2.44. The minimum absolute atomic E-state index is 0.000864. The van der Waals surface area contributed by atoms with E-state index in [2.05, 4.69) is 5.32 Å². The number of halogens is 1. The molecule has 1 aliphatic heterocycles. The average Bonchev–Trinajstić information content (AvgIpc) is 3.04. The van der Waals surface area contributed by atoms with Crippen molar-refractivity contribution in [2.75, 3.05) is 21.7 Å². The zero-order valence-corrected chi connectivity index (χ0v) is 18.0. The lowest BCUT2D eigenvalue weighted by Gasteiger charge is -2.21. The van der Waals surface area contributed by atoms with Gasteiger partial charge in [-0.1, -0.05) is 48.0 Å². The van der Waals surface area contributed by atoms with Crippen LogP contribution in [0.15, 0.2) is 95.7 Å². The Morgan fingerprint density at radius 3 is 2.06 bits per heavy atom. The van der Waals surface area contributed by atoms with E-state index in [0.717, 1.165) is 10.6 Å². The standard InChI is InChI=1S/C25H20ClN3O3/c1-2-28(19-9-5-3-6-10-19)23(30)17-13-15-18(16-14-17)27-22-21(26)24(31)29(25(22)32)20-11-7-4-8-12-20/h3-16,27H,2H2,1H3.